The van der Waals surface area contributed by atoms with Crippen LogP contribution in [0, 0.1) is 0 Å². The first kappa shape index (κ1) is 14.3. The average Bonchev–Trinajstić information content (AvgIpc) is 2.91. The maximum atomic E-state index is 12.2. The molecule has 1 aliphatic rings. The number of ether oxygens (including phenoxy) is 4. The third-order valence-corrected chi connectivity index (χ3v) is 3.67. The largest absolute Gasteiger partial charge is 0.497 e. The summed E-state index contributed by atoms with van der Waals surface area (Å²) in [7, 11) is 4.70. The fraction of sp³-hybridized carbons (Fsp3) is 0.235. The number of methoxy groups -OCH3 is 3. The Kier molecular flexibility index (Phi) is 3.63. The van der Waals surface area contributed by atoms with E-state index in [1.165, 1.54) is 0 Å². The molecule has 3 rings (SSSR count). The maximum Gasteiger partial charge on any atom is 0.339 e. The van der Waals surface area contributed by atoms with Crippen molar-refractivity contribution in [1.29, 1.82) is 0 Å². The monoisotopic (exact) mass is 300 g/mol. The quantitative estimate of drug-likeness (QED) is 0.813. The minimum Gasteiger partial charge on any atom is -0.497 e. The molecular formula is C17H16O5. The van der Waals surface area contributed by atoms with Gasteiger partial charge in [-0.2, -0.15) is 0 Å². The molecule has 114 valence electrons. The summed E-state index contributed by atoms with van der Waals surface area (Å²) in [6.07, 6.45) is -0.515. The third-order valence-electron chi connectivity index (χ3n) is 3.67. The molecule has 5 nitrogen and oxygen atoms in total. The minimum absolute atomic E-state index is 0.389. The van der Waals surface area contributed by atoms with E-state index < -0.39 is 6.10 Å². The molecule has 1 atom stereocenters. The summed E-state index contributed by atoms with van der Waals surface area (Å²) in [5.74, 6) is 1.43. The van der Waals surface area contributed by atoms with Crippen LogP contribution in [-0.2, 0) is 4.74 Å². The smallest absolute Gasteiger partial charge is 0.339 e. The number of rotatable bonds is 4. The van der Waals surface area contributed by atoms with Crippen LogP contribution in [0.1, 0.15) is 27.6 Å². The fourth-order valence-electron chi connectivity index (χ4n) is 2.60. The molecule has 1 heterocycles. The minimum atomic E-state index is -0.515. The molecule has 0 saturated heterocycles. The van der Waals surface area contributed by atoms with Crippen molar-refractivity contribution in [3.05, 3.63) is 53.1 Å². The van der Waals surface area contributed by atoms with Gasteiger partial charge in [0.25, 0.3) is 0 Å². The van der Waals surface area contributed by atoms with Crippen LogP contribution in [0.15, 0.2) is 36.4 Å². The van der Waals surface area contributed by atoms with E-state index in [1.54, 1.807) is 33.5 Å². The second-order valence-corrected chi connectivity index (χ2v) is 4.85. The van der Waals surface area contributed by atoms with Crippen LogP contribution in [0.5, 0.6) is 17.2 Å². The van der Waals surface area contributed by atoms with Crippen molar-refractivity contribution in [2.75, 3.05) is 21.3 Å². The molecule has 2 aromatic carbocycles. The Labute approximate surface area is 128 Å². The van der Waals surface area contributed by atoms with Crippen LogP contribution in [0.2, 0.25) is 0 Å². The lowest BCUT2D eigenvalue weighted by atomic mass is 9.97. The molecule has 0 unspecified atom stereocenters. The van der Waals surface area contributed by atoms with Gasteiger partial charge in [0.15, 0.2) is 6.10 Å². The molecule has 0 aromatic heterocycles. The topological polar surface area (TPSA) is 54.0 Å². The number of esters is 1. The zero-order valence-electron chi connectivity index (χ0n) is 12.6. The summed E-state index contributed by atoms with van der Waals surface area (Å²) < 4.78 is 21.4. The Morgan fingerprint density at radius 3 is 2.41 bits per heavy atom. The highest BCUT2D eigenvalue weighted by Crippen LogP contribution is 2.44. The number of hydrogen-bond acceptors (Lipinski definition) is 5. The third kappa shape index (κ3) is 2.24. The van der Waals surface area contributed by atoms with E-state index in [2.05, 4.69) is 0 Å². The first-order valence-corrected chi connectivity index (χ1v) is 6.78. The first-order valence-electron chi connectivity index (χ1n) is 6.78. The molecule has 0 bridgehead atoms. The molecule has 0 amide bonds. The van der Waals surface area contributed by atoms with Gasteiger partial charge in [0.05, 0.1) is 32.5 Å². The Hall–Kier alpha value is -2.69. The number of fused-ring (bicyclic) bond motifs is 1. The number of cyclic esters (lactones) is 1. The Morgan fingerprint density at radius 2 is 1.73 bits per heavy atom. The van der Waals surface area contributed by atoms with Crippen LogP contribution in [0.25, 0.3) is 0 Å². The van der Waals surface area contributed by atoms with Gasteiger partial charge in [-0.15, -0.1) is 0 Å². The summed E-state index contributed by atoms with van der Waals surface area (Å²) in [6.45, 7) is 0. The van der Waals surface area contributed by atoms with Crippen molar-refractivity contribution in [3.8, 4) is 17.2 Å². The van der Waals surface area contributed by atoms with Gasteiger partial charge in [-0.05, 0) is 18.2 Å². The van der Waals surface area contributed by atoms with Gasteiger partial charge in [-0.3, -0.25) is 0 Å². The number of benzene rings is 2. The van der Waals surface area contributed by atoms with Gasteiger partial charge in [-0.25, -0.2) is 4.79 Å². The maximum absolute atomic E-state index is 12.2. The molecule has 22 heavy (non-hydrogen) atoms. The molecule has 2 aromatic rings. The molecule has 0 aliphatic carbocycles. The molecule has 1 aliphatic heterocycles. The molecule has 0 fully saturated rings. The average molecular weight is 300 g/mol. The predicted octanol–water partition coefficient (Wildman–Crippen LogP) is 2.97. The van der Waals surface area contributed by atoms with Gasteiger partial charge in [0, 0.05) is 11.6 Å². The van der Waals surface area contributed by atoms with E-state index in [0.29, 0.717) is 28.4 Å². The van der Waals surface area contributed by atoms with Crippen molar-refractivity contribution in [3.63, 3.8) is 0 Å². The van der Waals surface area contributed by atoms with Crippen molar-refractivity contribution in [2.45, 2.75) is 6.10 Å². The first-order chi connectivity index (χ1) is 10.7. The van der Waals surface area contributed by atoms with Gasteiger partial charge in [0.2, 0.25) is 0 Å². The summed E-state index contributed by atoms with van der Waals surface area (Å²) in [6, 6.07) is 10.8. The SMILES string of the molecule is COc1cccc([C@@H]2OC(=O)c3cc(OC)cc(OC)c32)c1. The van der Waals surface area contributed by atoms with E-state index in [-0.39, 0.29) is 5.97 Å². The Bertz CT molecular complexity index is 723. The Morgan fingerprint density at radius 1 is 0.955 bits per heavy atom. The summed E-state index contributed by atoms with van der Waals surface area (Å²) in [5.41, 5.74) is 2.00. The summed E-state index contributed by atoms with van der Waals surface area (Å²) in [5, 5.41) is 0. The highest BCUT2D eigenvalue weighted by Gasteiger charge is 2.36. The zero-order chi connectivity index (χ0) is 15.7. The van der Waals surface area contributed by atoms with Crippen LogP contribution < -0.4 is 14.2 Å². The molecule has 0 N–H and O–H groups in total. The highest BCUT2D eigenvalue weighted by molar-refractivity contribution is 5.96. The Balaban J connectivity index is 2.14. The van der Waals surface area contributed by atoms with Crippen molar-refractivity contribution in [1.82, 2.24) is 0 Å². The van der Waals surface area contributed by atoms with Crippen molar-refractivity contribution >= 4 is 5.97 Å². The van der Waals surface area contributed by atoms with Crippen LogP contribution in [-0.4, -0.2) is 27.3 Å². The van der Waals surface area contributed by atoms with Crippen LogP contribution in [0.4, 0.5) is 0 Å². The van der Waals surface area contributed by atoms with Crippen LogP contribution >= 0.6 is 0 Å². The summed E-state index contributed by atoms with van der Waals surface area (Å²) in [4.78, 5) is 12.2. The van der Waals surface area contributed by atoms with Gasteiger partial charge >= 0.3 is 5.97 Å². The normalized spacial score (nSPS) is 16.0. The van der Waals surface area contributed by atoms with Crippen molar-refractivity contribution < 1.29 is 23.7 Å². The van der Waals surface area contributed by atoms with Crippen LogP contribution in [0.3, 0.4) is 0 Å². The molecule has 0 radical (unpaired) electrons. The predicted molar refractivity (Wildman–Crippen MR) is 79.8 cm³/mol. The summed E-state index contributed by atoms with van der Waals surface area (Å²) >= 11 is 0. The fourth-order valence-corrected chi connectivity index (χ4v) is 2.60. The van der Waals surface area contributed by atoms with Gasteiger partial charge < -0.3 is 18.9 Å². The molecule has 5 heteroatoms. The van der Waals surface area contributed by atoms with Gasteiger partial charge in [-0.1, -0.05) is 12.1 Å². The standard InChI is InChI=1S/C17H16O5/c1-19-11-6-4-5-10(7-11)16-15-13(17(18)22-16)8-12(20-2)9-14(15)21-3/h4-9,16H,1-3H3/t16-/m0/s1. The zero-order valence-corrected chi connectivity index (χ0v) is 12.6. The number of carbonyl (C=O) groups is 1. The lowest BCUT2D eigenvalue weighted by molar-refractivity contribution is 0.0453. The lowest BCUT2D eigenvalue weighted by Gasteiger charge is -2.15. The molecule has 0 saturated carbocycles. The number of carbonyl (C=O) groups excluding carboxylic acids is 1. The van der Waals surface area contributed by atoms with E-state index >= 15 is 0 Å². The lowest BCUT2D eigenvalue weighted by Crippen LogP contribution is -2.02. The number of hydrogen-bond donors (Lipinski definition) is 0. The second-order valence-electron chi connectivity index (χ2n) is 4.85. The second kappa shape index (κ2) is 5.60. The van der Waals surface area contributed by atoms with E-state index in [1.807, 2.05) is 24.3 Å². The van der Waals surface area contributed by atoms with E-state index in [4.69, 9.17) is 18.9 Å². The molecular weight excluding hydrogens is 284 g/mol. The van der Waals surface area contributed by atoms with Gasteiger partial charge in [0.1, 0.15) is 17.2 Å². The van der Waals surface area contributed by atoms with E-state index in [0.717, 1.165) is 5.56 Å². The highest BCUT2D eigenvalue weighted by atomic mass is 16.6. The molecule has 0 spiro atoms. The van der Waals surface area contributed by atoms with E-state index in [9.17, 15) is 4.79 Å². The van der Waals surface area contributed by atoms with Crippen molar-refractivity contribution in [2.24, 2.45) is 0 Å².